The predicted molar refractivity (Wildman–Crippen MR) is 61.7 cm³/mol. The zero-order valence-electron chi connectivity index (χ0n) is 9.55. The summed E-state index contributed by atoms with van der Waals surface area (Å²) < 4.78 is 5.39. The van der Waals surface area contributed by atoms with E-state index in [0.29, 0.717) is 5.75 Å². The number of carbonyl (C=O) groups excluding carboxylic acids is 1. The minimum atomic E-state index is -1.06. The van der Waals surface area contributed by atoms with Crippen LogP contribution in [0.15, 0.2) is 30.3 Å². The Hall–Kier alpha value is -2.04. The SMILES string of the molecule is CC(COc1ccccc1)C(=O)NCC(=O)O. The minimum Gasteiger partial charge on any atom is -0.493 e. The van der Waals surface area contributed by atoms with Crippen LogP contribution in [0.1, 0.15) is 6.92 Å². The summed E-state index contributed by atoms with van der Waals surface area (Å²) in [5.41, 5.74) is 0. The average Bonchev–Trinajstić information content (AvgIpc) is 2.34. The van der Waals surface area contributed by atoms with Crippen molar-refractivity contribution in [1.29, 1.82) is 0 Å². The Kier molecular flexibility index (Phi) is 5.00. The molecular weight excluding hydrogens is 222 g/mol. The van der Waals surface area contributed by atoms with Crippen molar-refractivity contribution >= 4 is 11.9 Å². The van der Waals surface area contributed by atoms with Gasteiger partial charge in [-0.15, -0.1) is 0 Å². The molecule has 92 valence electrons. The van der Waals surface area contributed by atoms with Crippen molar-refractivity contribution in [3.63, 3.8) is 0 Å². The molecule has 1 aromatic carbocycles. The molecule has 0 heterocycles. The van der Waals surface area contributed by atoms with E-state index in [1.54, 1.807) is 19.1 Å². The first-order valence-corrected chi connectivity index (χ1v) is 5.27. The largest absolute Gasteiger partial charge is 0.493 e. The first kappa shape index (κ1) is 13.0. The van der Waals surface area contributed by atoms with E-state index in [0.717, 1.165) is 0 Å². The van der Waals surface area contributed by atoms with Gasteiger partial charge in [0.15, 0.2) is 0 Å². The third-order valence-electron chi connectivity index (χ3n) is 2.10. The third-order valence-corrected chi connectivity index (χ3v) is 2.10. The highest BCUT2D eigenvalue weighted by Crippen LogP contribution is 2.09. The molecule has 0 aliphatic carbocycles. The summed E-state index contributed by atoms with van der Waals surface area (Å²) >= 11 is 0. The third kappa shape index (κ3) is 5.01. The summed E-state index contributed by atoms with van der Waals surface area (Å²) in [6.07, 6.45) is 0. The fraction of sp³-hybridized carbons (Fsp3) is 0.333. The highest BCUT2D eigenvalue weighted by Gasteiger charge is 2.14. The van der Waals surface area contributed by atoms with Gasteiger partial charge in [-0.25, -0.2) is 0 Å². The van der Waals surface area contributed by atoms with Crippen LogP contribution in [0.2, 0.25) is 0 Å². The van der Waals surface area contributed by atoms with Crippen molar-refractivity contribution in [3.05, 3.63) is 30.3 Å². The number of nitrogens with one attached hydrogen (secondary N) is 1. The summed E-state index contributed by atoms with van der Waals surface area (Å²) in [5, 5.41) is 10.7. The normalized spacial score (nSPS) is 11.6. The summed E-state index contributed by atoms with van der Waals surface area (Å²) in [4.78, 5) is 21.7. The van der Waals surface area contributed by atoms with E-state index in [1.165, 1.54) is 0 Å². The predicted octanol–water partition coefficient (Wildman–Crippen LogP) is 0.902. The first-order valence-electron chi connectivity index (χ1n) is 5.27. The average molecular weight is 237 g/mol. The number of carboxylic acid groups (broad SMARTS) is 1. The highest BCUT2D eigenvalue weighted by molar-refractivity contribution is 5.82. The van der Waals surface area contributed by atoms with Gasteiger partial charge in [0.25, 0.3) is 0 Å². The van der Waals surface area contributed by atoms with Crippen LogP contribution in [0.4, 0.5) is 0 Å². The second-order valence-electron chi connectivity index (χ2n) is 3.64. The zero-order chi connectivity index (χ0) is 12.7. The molecule has 1 aromatic rings. The van der Waals surface area contributed by atoms with Crippen molar-refractivity contribution < 1.29 is 19.4 Å². The van der Waals surface area contributed by atoms with Crippen LogP contribution in [0.25, 0.3) is 0 Å². The first-order chi connectivity index (χ1) is 8.09. The Morgan fingerprint density at radius 3 is 2.59 bits per heavy atom. The fourth-order valence-corrected chi connectivity index (χ4v) is 1.15. The van der Waals surface area contributed by atoms with E-state index in [1.807, 2.05) is 18.2 Å². The van der Waals surface area contributed by atoms with Gasteiger partial charge in [-0.2, -0.15) is 0 Å². The lowest BCUT2D eigenvalue weighted by Gasteiger charge is -2.12. The minimum absolute atomic E-state index is 0.218. The monoisotopic (exact) mass is 237 g/mol. The molecule has 1 amide bonds. The van der Waals surface area contributed by atoms with Gasteiger partial charge in [-0.3, -0.25) is 9.59 Å². The number of amides is 1. The zero-order valence-corrected chi connectivity index (χ0v) is 9.55. The van der Waals surface area contributed by atoms with E-state index in [4.69, 9.17) is 9.84 Å². The van der Waals surface area contributed by atoms with Gasteiger partial charge in [0.2, 0.25) is 5.91 Å². The van der Waals surface area contributed by atoms with E-state index < -0.39 is 11.9 Å². The van der Waals surface area contributed by atoms with Crippen LogP contribution in [0.5, 0.6) is 5.75 Å². The second kappa shape index (κ2) is 6.52. The molecule has 1 unspecified atom stereocenters. The maximum Gasteiger partial charge on any atom is 0.322 e. The molecule has 5 nitrogen and oxygen atoms in total. The van der Waals surface area contributed by atoms with E-state index in [-0.39, 0.29) is 19.1 Å². The van der Waals surface area contributed by atoms with Gasteiger partial charge in [-0.05, 0) is 12.1 Å². The van der Waals surface area contributed by atoms with Crippen LogP contribution in [0.3, 0.4) is 0 Å². The number of para-hydroxylation sites is 1. The van der Waals surface area contributed by atoms with Gasteiger partial charge in [0, 0.05) is 0 Å². The molecule has 0 aromatic heterocycles. The lowest BCUT2D eigenvalue weighted by atomic mass is 10.2. The molecule has 0 aliphatic rings. The number of rotatable bonds is 6. The second-order valence-corrected chi connectivity index (χ2v) is 3.64. The van der Waals surface area contributed by atoms with Gasteiger partial charge in [0.05, 0.1) is 12.5 Å². The lowest BCUT2D eigenvalue weighted by molar-refractivity contribution is -0.138. The number of benzene rings is 1. The maximum atomic E-state index is 11.4. The molecule has 5 heteroatoms. The molecule has 0 spiro atoms. The van der Waals surface area contributed by atoms with Crippen molar-refractivity contribution in [3.8, 4) is 5.75 Å². The van der Waals surface area contributed by atoms with E-state index >= 15 is 0 Å². The molecule has 0 fully saturated rings. The number of carboxylic acids is 1. The summed E-state index contributed by atoms with van der Waals surface area (Å²) in [6, 6.07) is 9.13. The Balaban J connectivity index is 2.31. The summed E-state index contributed by atoms with van der Waals surface area (Å²) in [6.45, 7) is 1.53. The molecule has 17 heavy (non-hydrogen) atoms. The van der Waals surface area contributed by atoms with Crippen LogP contribution < -0.4 is 10.1 Å². The lowest BCUT2D eigenvalue weighted by Crippen LogP contribution is -2.35. The molecule has 0 aliphatic heterocycles. The number of ether oxygens (including phenoxy) is 1. The van der Waals surface area contributed by atoms with Crippen LogP contribution >= 0.6 is 0 Å². The topological polar surface area (TPSA) is 75.6 Å². The number of carbonyl (C=O) groups is 2. The number of hydrogen-bond donors (Lipinski definition) is 2. The molecule has 0 radical (unpaired) electrons. The molecule has 0 saturated carbocycles. The number of aliphatic carboxylic acids is 1. The molecule has 1 atom stereocenters. The Morgan fingerprint density at radius 2 is 2.00 bits per heavy atom. The van der Waals surface area contributed by atoms with Gasteiger partial charge >= 0.3 is 5.97 Å². The van der Waals surface area contributed by atoms with Crippen LogP contribution in [0, 0.1) is 5.92 Å². The van der Waals surface area contributed by atoms with Crippen LogP contribution in [-0.4, -0.2) is 30.1 Å². The summed E-state index contributed by atoms with van der Waals surface area (Å²) in [5.74, 6) is -1.10. The van der Waals surface area contributed by atoms with Gasteiger partial charge in [0.1, 0.15) is 12.3 Å². The quantitative estimate of drug-likeness (QED) is 0.770. The van der Waals surface area contributed by atoms with Crippen molar-refractivity contribution in [1.82, 2.24) is 5.32 Å². The molecule has 1 rings (SSSR count). The van der Waals surface area contributed by atoms with E-state index in [9.17, 15) is 9.59 Å². The fourth-order valence-electron chi connectivity index (χ4n) is 1.15. The van der Waals surface area contributed by atoms with Gasteiger partial charge in [-0.1, -0.05) is 25.1 Å². The standard InChI is InChI=1S/C12H15NO4/c1-9(12(16)13-7-11(14)15)8-17-10-5-3-2-4-6-10/h2-6,9H,7-8H2,1H3,(H,13,16)(H,14,15). The molecular formula is C12H15NO4. The van der Waals surface area contributed by atoms with Crippen molar-refractivity contribution in [2.24, 2.45) is 5.92 Å². The molecule has 0 saturated heterocycles. The van der Waals surface area contributed by atoms with Crippen molar-refractivity contribution in [2.75, 3.05) is 13.2 Å². The Bertz CT molecular complexity index is 377. The van der Waals surface area contributed by atoms with Crippen LogP contribution in [-0.2, 0) is 9.59 Å². The Labute approximate surface area is 99.4 Å². The summed E-state index contributed by atoms with van der Waals surface area (Å²) in [7, 11) is 0. The Morgan fingerprint density at radius 1 is 1.35 bits per heavy atom. The van der Waals surface area contributed by atoms with Crippen molar-refractivity contribution in [2.45, 2.75) is 6.92 Å². The smallest absolute Gasteiger partial charge is 0.322 e. The molecule has 0 bridgehead atoms. The van der Waals surface area contributed by atoms with Gasteiger partial charge < -0.3 is 15.2 Å². The maximum absolute atomic E-state index is 11.4. The molecule has 2 N–H and O–H groups in total. The highest BCUT2D eigenvalue weighted by atomic mass is 16.5. The van der Waals surface area contributed by atoms with E-state index in [2.05, 4.69) is 5.32 Å². The number of hydrogen-bond acceptors (Lipinski definition) is 3.